The average molecular weight is 268 g/mol. The number of carbonyl (C=O) groups excluding carboxylic acids is 2. The van der Waals surface area contributed by atoms with Crippen LogP contribution in [0.15, 0.2) is 0 Å². The van der Waals surface area contributed by atoms with Crippen molar-refractivity contribution in [3.8, 4) is 0 Å². The van der Waals surface area contributed by atoms with E-state index < -0.39 is 10.8 Å². The zero-order valence-corrected chi connectivity index (χ0v) is 11.0. The van der Waals surface area contributed by atoms with Crippen LogP contribution in [-0.2, 0) is 9.59 Å². The summed E-state index contributed by atoms with van der Waals surface area (Å²) in [5, 5.41) is 1.78. The van der Waals surface area contributed by atoms with E-state index in [0.29, 0.717) is 26.2 Å². The van der Waals surface area contributed by atoms with Crippen molar-refractivity contribution in [2.75, 3.05) is 26.2 Å². The Morgan fingerprint density at radius 1 is 1.06 bits per heavy atom. The Labute approximate surface area is 105 Å². The van der Waals surface area contributed by atoms with Gasteiger partial charge in [0.25, 0.3) is 0 Å². The molecule has 6 heteroatoms. The molecule has 1 N–H and O–H groups in total. The van der Waals surface area contributed by atoms with Gasteiger partial charge in [-0.05, 0) is 13.8 Å². The number of imide groups is 1. The molecule has 1 heterocycles. The van der Waals surface area contributed by atoms with Crippen LogP contribution in [-0.4, -0.2) is 53.2 Å². The van der Waals surface area contributed by atoms with E-state index in [4.69, 9.17) is 23.2 Å². The average Bonchev–Trinajstić information content (AvgIpc) is 2.27. The van der Waals surface area contributed by atoms with E-state index >= 15 is 0 Å². The van der Waals surface area contributed by atoms with Crippen LogP contribution in [0, 0.1) is 0 Å². The van der Waals surface area contributed by atoms with Gasteiger partial charge in [-0.1, -0.05) is 0 Å². The first kappa shape index (κ1) is 13.9. The highest BCUT2D eigenvalue weighted by Gasteiger charge is 2.48. The number of nitrogens with zero attached hydrogens (tertiary/aromatic N) is 1. The predicted octanol–water partition coefficient (Wildman–Crippen LogP) is 0.714. The van der Waals surface area contributed by atoms with Gasteiger partial charge in [0, 0.05) is 13.1 Å². The van der Waals surface area contributed by atoms with Crippen LogP contribution in [0.4, 0.5) is 0 Å². The molecule has 4 nitrogen and oxygen atoms in total. The minimum absolute atomic E-state index is 0.220. The largest absolute Gasteiger partial charge is 0.338 e. The minimum atomic E-state index is -0.669. The lowest BCUT2D eigenvalue weighted by molar-refractivity contribution is -0.781. The van der Waals surface area contributed by atoms with Gasteiger partial charge >= 0.3 is 11.8 Å². The second-order valence-corrected chi connectivity index (χ2v) is 5.38. The topological polar surface area (TPSA) is 46.2 Å². The Kier molecular flexibility index (Phi) is 4.73. The summed E-state index contributed by atoms with van der Waals surface area (Å²) in [7, 11) is 0. The molecule has 0 aliphatic carbocycles. The first-order valence-electron chi connectivity index (χ1n) is 5.36. The van der Waals surface area contributed by atoms with Crippen molar-refractivity contribution in [1.82, 2.24) is 5.32 Å². The van der Waals surface area contributed by atoms with Gasteiger partial charge < -0.3 is 5.32 Å². The number of nitrogens with one attached hydrogen (secondary N) is 1. The summed E-state index contributed by atoms with van der Waals surface area (Å²) in [6.45, 7) is 5.32. The van der Waals surface area contributed by atoms with Crippen LogP contribution in [0.2, 0.25) is 0 Å². The SMILES string of the molecule is CC(Cl)C(=O)[N+]1(C(=O)C(C)Cl)CCNCC1. The third kappa shape index (κ3) is 2.56. The van der Waals surface area contributed by atoms with Gasteiger partial charge in [-0.15, -0.1) is 23.2 Å². The number of carbonyl (C=O) groups is 2. The Bertz CT molecular complexity index is 265. The van der Waals surface area contributed by atoms with Crippen molar-refractivity contribution >= 4 is 35.0 Å². The Balaban J connectivity index is 3.01. The summed E-state index contributed by atoms with van der Waals surface area (Å²) in [6.07, 6.45) is 0. The van der Waals surface area contributed by atoms with E-state index in [1.165, 1.54) is 0 Å². The molecule has 2 atom stereocenters. The van der Waals surface area contributed by atoms with Gasteiger partial charge in [0.15, 0.2) is 0 Å². The number of hydrogen-bond acceptors (Lipinski definition) is 3. The molecule has 0 saturated carbocycles. The quantitative estimate of drug-likeness (QED) is 0.593. The molecule has 0 aromatic carbocycles. The molecule has 0 radical (unpaired) electrons. The molecule has 1 rings (SSSR count). The number of amides is 2. The predicted molar refractivity (Wildman–Crippen MR) is 63.5 cm³/mol. The number of rotatable bonds is 2. The number of hydrogen-bond donors (Lipinski definition) is 1. The fourth-order valence-corrected chi connectivity index (χ4v) is 2.38. The number of halogens is 2. The van der Waals surface area contributed by atoms with Gasteiger partial charge in [-0.3, -0.25) is 0 Å². The lowest BCUT2D eigenvalue weighted by atomic mass is 10.2. The first-order chi connectivity index (χ1) is 7.42. The van der Waals surface area contributed by atoms with Crippen LogP contribution in [0.1, 0.15) is 13.8 Å². The Hall–Kier alpha value is -0.160. The fraction of sp³-hybridized carbons (Fsp3) is 0.800. The molecule has 1 fully saturated rings. The van der Waals surface area contributed by atoms with Gasteiger partial charge in [-0.25, -0.2) is 9.59 Å². The maximum absolute atomic E-state index is 12.1. The summed E-state index contributed by atoms with van der Waals surface area (Å²) in [5.74, 6) is -0.499. The summed E-state index contributed by atoms with van der Waals surface area (Å²) < 4.78 is -0.220. The van der Waals surface area contributed by atoms with Crippen molar-refractivity contribution in [3.05, 3.63) is 0 Å². The normalized spacial score (nSPS) is 23.5. The highest BCUT2D eigenvalue weighted by atomic mass is 35.5. The van der Waals surface area contributed by atoms with E-state index in [2.05, 4.69) is 5.32 Å². The monoisotopic (exact) mass is 267 g/mol. The molecule has 2 unspecified atom stereocenters. The van der Waals surface area contributed by atoms with Crippen LogP contribution in [0.25, 0.3) is 0 Å². The van der Waals surface area contributed by atoms with E-state index in [-0.39, 0.29) is 16.3 Å². The molecule has 1 saturated heterocycles. The Morgan fingerprint density at radius 3 is 1.75 bits per heavy atom. The van der Waals surface area contributed by atoms with Gasteiger partial charge in [0.05, 0.1) is 0 Å². The summed E-state index contributed by atoms with van der Waals surface area (Å²) >= 11 is 11.6. The second-order valence-electron chi connectivity index (χ2n) is 4.07. The zero-order chi connectivity index (χ0) is 12.3. The summed E-state index contributed by atoms with van der Waals surface area (Å²) in [4.78, 5) is 24.2. The molecule has 1 aliphatic rings. The summed E-state index contributed by atoms with van der Waals surface area (Å²) in [5.41, 5.74) is 0. The van der Waals surface area contributed by atoms with E-state index in [9.17, 15) is 9.59 Å². The highest BCUT2D eigenvalue weighted by molar-refractivity contribution is 6.32. The first-order valence-corrected chi connectivity index (χ1v) is 6.24. The Morgan fingerprint density at radius 2 is 1.44 bits per heavy atom. The van der Waals surface area contributed by atoms with Crippen LogP contribution >= 0.6 is 23.2 Å². The molecule has 1 aliphatic heterocycles. The summed E-state index contributed by atoms with van der Waals surface area (Å²) in [6, 6.07) is 0. The number of quaternary nitrogens is 1. The number of alkyl halides is 2. The molecular formula is C10H17Cl2N2O2+. The second kappa shape index (κ2) is 5.45. The van der Waals surface area contributed by atoms with Gasteiger partial charge in [0.2, 0.25) is 0 Å². The van der Waals surface area contributed by atoms with Crippen molar-refractivity contribution in [2.45, 2.75) is 24.6 Å². The molecule has 0 spiro atoms. The third-order valence-corrected chi connectivity index (χ3v) is 3.24. The molecule has 2 amide bonds. The van der Waals surface area contributed by atoms with Crippen LogP contribution < -0.4 is 5.32 Å². The maximum Gasteiger partial charge on any atom is 0.338 e. The van der Waals surface area contributed by atoms with E-state index in [1.807, 2.05) is 0 Å². The van der Waals surface area contributed by atoms with Crippen LogP contribution in [0.3, 0.4) is 0 Å². The lowest BCUT2D eigenvalue weighted by Gasteiger charge is -2.37. The maximum atomic E-state index is 12.1. The lowest BCUT2D eigenvalue weighted by Crippen LogP contribution is -2.67. The molecule has 92 valence electrons. The third-order valence-electron chi connectivity index (χ3n) is 2.86. The zero-order valence-electron chi connectivity index (χ0n) is 9.50. The fourth-order valence-electron chi connectivity index (χ4n) is 2.01. The van der Waals surface area contributed by atoms with E-state index in [0.717, 1.165) is 0 Å². The van der Waals surface area contributed by atoms with Crippen molar-refractivity contribution in [1.29, 1.82) is 0 Å². The standard InChI is InChI=1S/C10H17Cl2N2O2/c1-7(11)9(15)14(10(16)8(2)12)5-3-13-4-6-14/h7-8,13H,3-6H2,1-2H3/q+1. The van der Waals surface area contributed by atoms with Gasteiger partial charge in [0.1, 0.15) is 23.8 Å². The smallest absolute Gasteiger partial charge is 0.306 e. The molecule has 16 heavy (non-hydrogen) atoms. The number of piperazine rings is 1. The minimum Gasteiger partial charge on any atom is -0.306 e. The van der Waals surface area contributed by atoms with Crippen LogP contribution in [0.5, 0.6) is 0 Å². The molecule has 0 aromatic heterocycles. The van der Waals surface area contributed by atoms with Crippen molar-refractivity contribution in [3.63, 3.8) is 0 Å². The van der Waals surface area contributed by atoms with Crippen molar-refractivity contribution < 1.29 is 14.1 Å². The van der Waals surface area contributed by atoms with Gasteiger partial charge in [-0.2, -0.15) is 4.48 Å². The highest BCUT2D eigenvalue weighted by Crippen LogP contribution is 2.19. The van der Waals surface area contributed by atoms with Crippen molar-refractivity contribution in [2.24, 2.45) is 0 Å². The molecule has 0 aromatic rings. The molecule has 0 bridgehead atoms. The molecular weight excluding hydrogens is 251 g/mol. The van der Waals surface area contributed by atoms with E-state index in [1.54, 1.807) is 13.8 Å².